The van der Waals surface area contributed by atoms with Gasteiger partial charge in [0.05, 0.1) is 24.3 Å². The van der Waals surface area contributed by atoms with Crippen molar-refractivity contribution in [3.05, 3.63) is 66.5 Å². The summed E-state index contributed by atoms with van der Waals surface area (Å²) >= 11 is 0. The first-order valence-corrected chi connectivity index (χ1v) is 12.1. The number of aromatic amines is 1. The summed E-state index contributed by atoms with van der Waals surface area (Å²) in [5, 5.41) is 7.35. The topological polar surface area (TPSA) is 95.2 Å². The number of nitrogens with one attached hydrogen (secondary N) is 3. The first-order chi connectivity index (χ1) is 17.2. The molecule has 35 heavy (non-hydrogen) atoms. The predicted molar refractivity (Wildman–Crippen MR) is 139 cm³/mol. The average Bonchev–Trinajstić information content (AvgIpc) is 3.31. The summed E-state index contributed by atoms with van der Waals surface area (Å²) in [7, 11) is 0. The highest BCUT2D eigenvalue weighted by atomic mass is 16.5. The SMILES string of the molecule is CCNc1ncnc2[nH]c(-c3ccc(C(=O)NCCN4CCOCC4)cc3)c(-c3ccccc3)c12. The Bertz CT molecular complexity index is 1280. The molecule has 2 aromatic heterocycles. The van der Waals surface area contributed by atoms with E-state index in [4.69, 9.17) is 4.74 Å². The number of H-pyrrole nitrogens is 1. The predicted octanol–water partition coefficient (Wildman–Crippen LogP) is 3.79. The van der Waals surface area contributed by atoms with Crippen LogP contribution in [-0.4, -0.2) is 71.7 Å². The third kappa shape index (κ3) is 5.03. The van der Waals surface area contributed by atoms with Crippen molar-refractivity contribution in [2.24, 2.45) is 0 Å². The molecule has 5 rings (SSSR count). The molecule has 1 aliphatic rings. The van der Waals surface area contributed by atoms with Crippen molar-refractivity contribution in [2.75, 3.05) is 51.3 Å². The van der Waals surface area contributed by atoms with Gasteiger partial charge in [-0.05, 0) is 30.2 Å². The molecule has 1 fully saturated rings. The molecule has 1 amide bonds. The summed E-state index contributed by atoms with van der Waals surface area (Å²) in [4.78, 5) is 27.5. The fraction of sp³-hybridized carbons (Fsp3) is 0.296. The zero-order chi connectivity index (χ0) is 24.0. The average molecular weight is 471 g/mol. The van der Waals surface area contributed by atoms with Crippen LogP contribution >= 0.6 is 0 Å². The van der Waals surface area contributed by atoms with Crippen molar-refractivity contribution in [1.29, 1.82) is 0 Å². The number of rotatable bonds is 8. The van der Waals surface area contributed by atoms with Gasteiger partial charge in [-0.3, -0.25) is 9.69 Å². The first kappa shape index (κ1) is 23.0. The van der Waals surface area contributed by atoms with Crippen molar-refractivity contribution in [1.82, 2.24) is 25.2 Å². The number of benzene rings is 2. The summed E-state index contributed by atoms with van der Waals surface area (Å²) in [5.74, 6) is 0.736. The minimum Gasteiger partial charge on any atom is -0.379 e. The van der Waals surface area contributed by atoms with Gasteiger partial charge in [0.25, 0.3) is 5.91 Å². The molecule has 1 saturated heterocycles. The van der Waals surface area contributed by atoms with Gasteiger partial charge in [-0.1, -0.05) is 42.5 Å². The minimum absolute atomic E-state index is 0.0648. The van der Waals surface area contributed by atoms with Gasteiger partial charge in [-0.2, -0.15) is 0 Å². The van der Waals surface area contributed by atoms with E-state index in [0.29, 0.717) is 12.1 Å². The van der Waals surface area contributed by atoms with Crippen LogP contribution in [0.15, 0.2) is 60.9 Å². The lowest BCUT2D eigenvalue weighted by atomic mass is 9.98. The molecular weight excluding hydrogens is 440 g/mol. The number of hydrogen-bond acceptors (Lipinski definition) is 6. The van der Waals surface area contributed by atoms with E-state index in [0.717, 1.165) is 78.6 Å². The second-order valence-corrected chi connectivity index (χ2v) is 8.50. The number of carbonyl (C=O) groups is 1. The molecule has 0 spiro atoms. The number of nitrogens with zero attached hydrogens (tertiary/aromatic N) is 3. The Morgan fingerprint density at radius 1 is 1.03 bits per heavy atom. The molecule has 0 bridgehead atoms. The molecule has 3 heterocycles. The number of aromatic nitrogens is 3. The Balaban J connectivity index is 1.41. The van der Waals surface area contributed by atoms with Crippen LogP contribution < -0.4 is 10.6 Å². The van der Waals surface area contributed by atoms with Crippen molar-refractivity contribution < 1.29 is 9.53 Å². The van der Waals surface area contributed by atoms with Crippen LogP contribution in [0, 0.1) is 0 Å². The maximum atomic E-state index is 12.7. The lowest BCUT2D eigenvalue weighted by Gasteiger charge is -2.26. The van der Waals surface area contributed by atoms with Crippen LogP contribution in [0.1, 0.15) is 17.3 Å². The van der Waals surface area contributed by atoms with Gasteiger partial charge in [0.15, 0.2) is 0 Å². The number of hydrogen-bond donors (Lipinski definition) is 3. The lowest BCUT2D eigenvalue weighted by Crippen LogP contribution is -2.41. The Labute approximate surface area is 204 Å². The quantitative estimate of drug-likeness (QED) is 0.363. The molecule has 180 valence electrons. The van der Waals surface area contributed by atoms with Crippen molar-refractivity contribution in [2.45, 2.75) is 6.92 Å². The minimum atomic E-state index is -0.0648. The van der Waals surface area contributed by atoms with E-state index >= 15 is 0 Å². The Morgan fingerprint density at radius 2 is 1.80 bits per heavy atom. The number of carbonyl (C=O) groups excluding carboxylic acids is 1. The van der Waals surface area contributed by atoms with E-state index in [1.807, 2.05) is 42.5 Å². The van der Waals surface area contributed by atoms with E-state index in [1.54, 1.807) is 6.33 Å². The molecule has 4 aromatic rings. The maximum absolute atomic E-state index is 12.7. The highest BCUT2D eigenvalue weighted by Crippen LogP contribution is 2.40. The summed E-state index contributed by atoms with van der Waals surface area (Å²) in [6.45, 7) is 7.61. The van der Waals surface area contributed by atoms with Crippen molar-refractivity contribution in [3.63, 3.8) is 0 Å². The van der Waals surface area contributed by atoms with Crippen LogP contribution in [0.5, 0.6) is 0 Å². The molecule has 0 saturated carbocycles. The second-order valence-electron chi connectivity index (χ2n) is 8.50. The maximum Gasteiger partial charge on any atom is 0.251 e. The summed E-state index contributed by atoms with van der Waals surface area (Å²) in [6.07, 6.45) is 1.57. The number of fused-ring (bicyclic) bond motifs is 1. The summed E-state index contributed by atoms with van der Waals surface area (Å²) < 4.78 is 5.38. The smallest absolute Gasteiger partial charge is 0.251 e. The highest BCUT2D eigenvalue weighted by molar-refractivity contribution is 6.07. The first-order valence-electron chi connectivity index (χ1n) is 12.1. The van der Waals surface area contributed by atoms with Crippen LogP contribution in [0.3, 0.4) is 0 Å². The molecular formula is C27H30N6O2. The highest BCUT2D eigenvalue weighted by Gasteiger charge is 2.20. The van der Waals surface area contributed by atoms with E-state index in [1.165, 1.54) is 0 Å². The molecule has 0 unspecified atom stereocenters. The monoisotopic (exact) mass is 470 g/mol. The summed E-state index contributed by atoms with van der Waals surface area (Å²) in [6, 6.07) is 17.9. The van der Waals surface area contributed by atoms with Crippen LogP contribution in [-0.2, 0) is 4.74 Å². The molecule has 0 radical (unpaired) electrons. The van der Waals surface area contributed by atoms with E-state index in [2.05, 4.69) is 49.5 Å². The van der Waals surface area contributed by atoms with E-state index < -0.39 is 0 Å². The number of anilines is 1. The van der Waals surface area contributed by atoms with Crippen molar-refractivity contribution in [3.8, 4) is 22.4 Å². The number of amides is 1. The van der Waals surface area contributed by atoms with E-state index in [-0.39, 0.29) is 5.91 Å². The Morgan fingerprint density at radius 3 is 2.54 bits per heavy atom. The van der Waals surface area contributed by atoms with Gasteiger partial charge in [0.1, 0.15) is 17.8 Å². The molecule has 8 nitrogen and oxygen atoms in total. The fourth-order valence-corrected chi connectivity index (χ4v) is 4.48. The van der Waals surface area contributed by atoms with Gasteiger partial charge in [0, 0.05) is 43.9 Å². The molecule has 0 atom stereocenters. The fourth-order valence-electron chi connectivity index (χ4n) is 4.48. The lowest BCUT2D eigenvalue weighted by molar-refractivity contribution is 0.0383. The number of morpholine rings is 1. The van der Waals surface area contributed by atoms with Crippen molar-refractivity contribution >= 4 is 22.8 Å². The Kier molecular flexibility index (Phi) is 7.02. The van der Waals surface area contributed by atoms with Gasteiger partial charge in [0.2, 0.25) is 0 Å². The van der Waals surface area contributed by atoms with Crippen LogP contribution in [0.4, 0.5) is 5.82 Å². The molecule has 3 N–H and O–H groups in total. The van der Waals surface area contributed by atoms with Crippen LogP contribution in [0.2, 0.25) is 0 Å². The molecule has 2 aromatic carbocycles. The van der Waals surface area contributed by atoms with E-state index in [9.17, 15) is 4.79 Å². The summed E-state index contributed by atoms with van der Waals surface area (Å²) in [5.41, 5.74) is 5.46. The third-order valence-corrected chi connectivity index (χ3v) is 6.25. The molecule has 0 aliphatic carbocycles. The number of ether oxygens (including phenoxy) is 1. The largest absolute Gasteiger partial charge is 0.379 e. The molecule has 8 heteroatoms. The van der Waals surface area contributed by atoms with Gasteiger partial charge < -0.3 is 20.4 Å². The van der Waals surface area contributed by atoms with Gasteiger partial charge in [-0.25, -0.2) is 9.97 Å². The zero-order valence-electron chi connectivity index (χ0n) is 19.9. The molecule has 1 aliphatic heterocycles. The normalized spacial score (nSPS) is 14.2. The standard InChI is InChI=1S/C27H30N6O2/c1-2-28-25-23-22(19-6-4-3-5-7-19)24(32-26(23)31-18-30-25)20-8-10-21(11-9-20)27(34)29-12-13-33-14-16-35-17-15-33/h3-11,18H,2,12-17H2,1H3,(H,29,34)(H2,28,30,31,32). The van der Waals surface area contributed by atoms with Gasteiger partial charge in [-0.15, -0.1) is 0 Å². The second kappa shape index (κ2) is 10.7. The Hall–Kier alpha value is -3.75. The third-order valence-electron chi connectivity index (χ3n) is 6.25. The van der Waals surface area contributed by atoms with Crippen LogP contribution in [0.25, 0.3) is 33.4 Å². The zero-order valence-corrected chi connectivity index (χ0v) is 19.9. The van der Waals surface area contributed by atoms with Gasteiger partial charge >= 0.3 is 0 Å².